The molecule has 0 saturated carbocycles. The van der Waals surface area contributed by atoms with E-state index in [1.165, 1.54) is 6.92 Å². The third kappa shape index (κ3) is 3.51. The van der Waals surface area contributed by atoms with Crippen LogP contribution in [0.2, 0.25) is 0 Å². The minimum absolute atomic E-state index is 0.388. The van der Waals surface area contributed by atoms with Crippen LogP contribution in [0.3, 0.4) is 0 Å². The molecule has 0 fully saturated rings. The van der Waals surface area contributed by atoms with Gasteiger partial charge in [-0.2, -0.15) is 4.72 Å². The van der Waals surface area contributed by atoms with Gasteiger partial charge in [0.1, 0.15) is 17.7 Å². The number of hydrogen-bond donors (Lipinski definition) is 2. The molecule has 0 aromatic heterocycles. The first kappa shape index (κ1) is 16.5. The van der Waals surface area contributed by atoms with Gasteiger partial charge in [0.2, 0.25) is 10.0 Å². The van der Waals surface area contributed by atoms with Crippen molar-refractivity contribution in [1.82, 2.24) is 4.72 Å². The molecule has 2 N–H and O–H groups in total. The Bertz CT molecular complexity index is 583. The number of aliphatic carboxylic acids is 1. The highest BCUT2D eigenvalue weighted by Crippen LogP contribution is 2.20. The second-order valence-electron chi connectivity index (χ2n) is 4.37. The number of carboxylic acid groups (broad SMARTS) is 1. The minimum Gasteiger partial charge on any atom is -0.480 e. The predicted octanol–water partition coefficient (Wildman–Crippen LogP) is 1.74. The second-order valence-corrected chi connectivity index (χ2v) is 6.02. The van der Waals surface area contributed by atoms with E-state index in [2.05, 4.69) is 0 Å². The molecule has 8 heteroatoms. The van der Waals surface area contributed by atoms with E-state index in [1.54, 1.807) is 6.92 Å². The number of carboxylic acids is 1. The molecule has 2 atom stereocenters. The number of sulfonamides is 1. The Morgan fingerprint density at radius 3 is 2.25 bits per heavy atom. The lowest BCUT2D eigenvalue weighted by molar-refractivity contribution is -0.140. The molecule has 0 saturated heterocycles. The van der Waals surface area contributed by atoms with Crippen molar-refractivity contribution in [3.63, 3.8) is 0 Å². The molecule has 0 aliphatic rings. The summed E-state index contributed by atoms with van der Waals surface area (Å²) in [6, 6.07) is 1.14. The maximum absolute atomic E-state index is 13.5. The highest BCUT2D eigenvalue weighted by molar-refractivity contribution is 7.89. The lowest BCUT2D eigenvalue weighted by Gasteiger charge is -2.20. The molecule has 5 nitrogen and oxygen atoms in total. The Morgan fingerprint density at radius 1 is 1.35 bits per heavy atom. The van der Waals surface area contributed by atoms with Crippen LogP contribution in [0, 0.1) is 17.6 Å². The molecule has 0 amide bonds. The van der Waals surface area contributed by atoms with E-state index in [9.17, 15) is 22.0 Å². The second kappa shape index (κ2) is 6.27. The van der Waals surface area contributed by atoms with Crippen molar-refractivity contribution in [1.29, 1.82) is 0 Å². The van der Waals surface area contributed by atoms with Crippen LogP contribution in [0.5, 0.6) is 0 Å². The van der Waals surface area contributed by atoms with Gasteiger partial charge >= 0.3 is 5.97 Å². The smallest absolute Gasteiger partial charge is 0.322 e. The van der Waals surface area contributed by atoms with E-state index in [-0.39, 0.29) is 0 Å². The van der Waals surface area contributed by atoms with Gasteiger partial charge in [0.15, 0.2) is 4.90 Å². The average molecular weight is 307 g/mol. The summed E-state index contributed by atoms with van der Waals surface area (Å²) in [5.41, 5.74) is 0. The van der Waals surface area contributed by atoms with Gasteiger partial charge in [-0.25, -0.2) is 17.2 Å². The van der Waals surface area contributed by atoms with Crippen LogP contribution in [-0.4, -0.2) is 25.5 Å². The van der Waals surface area contributed by atoms with Gasteiger partial charge in [0, 0.05) is 0 Å². The quantitative estimate of drug-likeness (QED) is 0.838. The molecule has 0 unspecified atom stereocenters. The molecule has 1 aromatic carbocycles. The summed E-state index contributed by atoms with van der Waals surface area (Å²) in [6.45, 7) is 3.21. The monoisotopic (exact) mass is 307 g/mol. The number of halogens is 2. The average Bonchev–Trinajstić information content (AvgIpc) is 2.34. The Kier molecular flexibility index (Phi) is 5.18. The summed E-state index contributed by atoms with van der Waals surface area (Å²) in [5.74, 6) is -4.48. The zero-order valence-electron chi connectivity index (χ0n) is 10.9. The van der Waals surface area contributed by atoms with Crippen molar-refractivity contribution in [2.24, 2.45) is 5.92 Å². The van der Waals surface area contributed by atoms with Gasteiger partial charge in [0.05, 0.1) is 0 Å². The largest absolute Gasteiger partial charge is 0.480 e. The summed E-state index contributed by atoms with van der Waals surface area (Å²) in [5, 5.41) is 9.01. The summed E-state index contributed by atoms with van der Waals surface area (Å²) in [7, 11) is -4.60. The van der Waals surface area contributed by atoms with Crippen molar-refractivity contribution in [3.05, 3.63) is 29.8 Å². The molecule has 0 heterocycles. The lowest BCUT2D eigenvalue weighted by atomic mass is 10.0. The molecule has 0 spiro atoms. The predicted molar refractivity (Wildman–Crippen MR) is 67.6 cm³/mol. The third-order valence-corrected chi connectivity index (χ3v) is 4.44. The minimum atomic E-state index is -4.60. The zero-order valence-corrected chi connectivity index (χ0v) is 11.7. The van der Waals surface area contributed by atoms with Gasteiger partial charge in [-0.05, 0) is 18.1 Å². The van der Waals surface area contributed by atoms with Gasteiger partial charge < -0.3 is 5.11 Å². The number of rotatable bonds is 6. The highest BCUT2D eigenvalue weighted by Gasteiger charge is 2.32. The Labute approximate surface area is 115 Å². The lowest BCUT2D eigenvalue weighted by Crippen LogP contribution is -2.45. The molecule has 0 radical (unpaired) electrons. The van der Waals surface area contributed by atoms with Crippen molar-refractivity contribution >= 4 is 16.0 Å². The summed E-state index contributed by atoms with van der Waals surface area (Å²) in [4.78, 5) is 9.89. The van der Waals surface area contributed by atoms with Gasteiger partial charge in [-0.15, -0.1) is 0 Å². The maximum atomic E-state index is 13.5. The van der Waals surface area contributed by atoms with Crippen LogP contribution in [0.4, 0.5) is 8.78 Å². The topological polar surface area (TPSA) is 83.5 Å². The molecule has 20 heavy (non-hydrogen) atoms. The van der Waals surface area contributed by atoms with E-state index < -0.39 is 44.5 Å². The SMILES string of the molecule is CC[C@H](C)[C@H](NS(=O)(=O)c1c(F)cccc1F)C(=O)O. The normalized spacial score (nSPS) is 14.8. The van der Waals surface area contributed by atoms with E-state index in [4.69, 9.17) is 5.11 Å². The summed E-state index contributed by atoms with van der Waals surface area (Å²) >= 11 is 0. The van der Waals surface area contributed by atoms with Gasteiger partial charge in [-0.1, -0.05) is 26.3 Å². The first-order valence-corrected chi connectivity index (χ1v) is 7.38. The van der Waals surface area contributed by atoms with E-state index in [0.29, 0.717) is 6.42 Å². The number of nitrogens with one attached hydrogen (secondary N) is 1. The number of carbonyl (C=O) groups is 1. The Hall–Kier alpha value is -1.54. The van der Waals surface area contributed by atoms with Crippen molar-refractivity contribution in [2.45, 2.75) is 31.2 Å². The fourth-order valence-corrected chi connectivity index (χ4v) is 3.05. The van der Waals surface area contributed by atoms with Crippen LogP contribution < -0.4 is 4.72 Å². The molecule has 1 rings (SSSR count). The van der Waals surface area contributed by atoms with Crippen LogP contribution in [0.25, 0.3) is 0 Å². The van der Waals surface area contributed by atoms with Crippen molar-refractivity contribution in [3.8, 4) is 0 Å². The van der Waals surface area contributed by atoms with Crippen LogP contribution in [0.15, 0.2) is 23.1 Å². The highest BCUT2D eigenvalue weighted by atomic mass is 32.2. The molecule has 0 aliphatic heterocycles. The maximum Gasteiger partial charge on any atom is 0.322 e. The fraction of sp³-hybridized carbons (Fsp3) is 0.417. The molecule has 0 aliphatic carbocycles. The van der Waals surface area contributed by atoms with E-state index in [0.717, 1.165) is 18.2 Å². The first-order valence-electron chi connectivity index (χ1n) is 5.89. The third-order valence-electron chi connectivity index (χ3n) is 2.95. The van der Waals surface area contributed by atoms with Crippen molar-refractivity contribution < 1.29 is 27.1 Å². The van der Waals surface area contributed by atoms with Crippen LogP contribution >= 0.6 is 0 Å². The molecule has 112 valence electrons. The van der Waals surface area contributed by atoms with Gasteiger partial charge in [-0.3, -0.25) is 4.79 Å². The standard InChI is InChI=1S/C12H15F2NO4S/c1-3-7(2)10(12(16)17)15-20(18,19)11-8(13)5-4-6-9(11)14/h4-7,10,15H,3H2,1-2H3,(H,16,17)/t7-,10-/m0/s1. The van der Waals surface area contributed by atoms with Gasteiger partial charge in [0.25, 0.3) is 0 Å². The van der Waals surface area contributed by atoms with E-state index >= 15 is 0 Å². The summed E-state index contributed by atoms with van der Waals surface area (Å²) < 4.78 is 52.7. The number of benzene rings is 1. The number of hydrogen-bond acceptors (Lipinski definition) is 3. The van der Waals surface area contributed by atoms with Crippen LogP contribution in [-0.2, 0) is 14.8 Å². The fourth-order valence-electron chi connectivity index (χ4n) is 1.61. The molecular formula is C12H15F2NO4S. The molecular weight excluding hydrogens is 292 g/mol. The summed E-state index contributed by atoms with van der Waals surface area (Å²) in [6.07, 6.45) is 0.388. The first-order chi connectivity index (χ1) is 9.20. The molecule has 0 bridgehead atoms. The molecule has 1 aromatic rings. The Morgan fingerprint density at radius 2 is 1.85 bits per heavy atom. The van der Waals surface area contributed by atoms with Crippen LogP contribution in [0.1, 0.15) is 20.3 Å². The zero-order chi connectivity index (χ0) is 15.5. The van der Waals surface area contributed by atoms with Crippen molar-refractivity contribution in [2.75, 3.05) is 0 Å². The Balaban J connectivity index is 3.20. The van der Waals surface area contributed by atoms with E-state index in [1.807, 2.05) is 4.72 Å².